The van der Waals surface area contributed by atoms with Crippen LogP contribution in [-0.2, 0) is 19.3 Å². The van der Waals surface area contributed by atoms with Gasteiger partial charge in [0.05, 0.1) is 29.4 Å². The quantitative estimate of drug-likeness (QED) is 0.0335. The van der Waals surface area contributed by atoms with Crippen LogP contribution in [-0.4, -0.2) is 74.9 Å². The van der Waals surface area contributed by atoms with E-state index in [1.807, 2.05) is 68.0 Å². The van der Waals surface area contributed by atoms with E-state index in [1.165, 1.54) is 132 Å². The number of rotatable bonds is 42. The van der Waals surface area contributed by atoms with E-state index in [1.54, 1.807) is 40.5 Å². The number of aryl methyl sites for hydroxylation is 3. The predicted octanol–water partition coefficient (Wildman–Crippen LogP) is 42.1. The van der Waals surface area contributed by atoms with Gasteiger partial charge in [-0.2, -0.15) is 0 Å². The predicted molar refractivity (Wildman–Crippen MR) is 730 cm³/mol. The van der Waals surface area contributed by atoms with Crippen molar-refractivity contribution in [3.63, 3.8) is 0 Å². The summed E-state index contributed by atoms with van der Waals surface area (Å²) >= 11 is 37.8. The van der Waals surface area contributed by atoms with Crippen molar-refractivity contribution in [1.82, 2.24) is 0 Å². The first-order chi connectivity index (χ1) is 70.7. The Balaban J connectivity index is 0.682. The summed E-state index contributed by atoms with van der Waals surface area (Å²) in [7, 11) is -21.0. The van der Waals surface area contributed by atoms with Crippen molar-refractivity contribution < 1.29 is 0 Å². The highest BCUT2D eigenvalue weighted by Crippen LogP contribution is 2.60. The van der Waals surface area contributed by atoms with Gasteiger partial charge in [0.25, 0.3) is 0 Å². The van der Waals surface area contributed by atoms with Gasteiger partial charge in [-0.1, -0.05) is 287 Å². The van der Waals surface area contributed by atoms with Crippen molar-refractivity contribution in [3.8, 4) is 117 Å². The maximum atomic E-state index is 3.04. The second-order valence-corrected chi connectivity index (χ2v) is 151. The van der Waals surface area contributed by atoms with E-state index >= 15 is 0 Å². The third-order valence-corrected chi connectivity index (χ3v) is 215. The van der Waals surface area contributed by atoms with E-state index in [2.05, 4.69) is 587 Å². The highest BCUT2D eigenvalue weighted by atomic mass is 32.2. The second-order valence-electron chi connectivity index (χ2n) is 47.4. The van der Waals surface area contributed by atoms with Gasteiger partial charge < -0.3 is 0 Å². The Kier molecular flexibility index (Phi) is 34.9. The maximum absolute atomic E-state index is 3.04. The van der Waals surface area contributed by atoms with Crippen LogP contribution < -0.4 is 40.5 Å². The lowest BCUT2D eigenvalue weighted by Gasteiger charge is -2.57. The largest absolute Gasteiger partial charge is 0.144 e. The average molecular weight is 2470 g/mol. The monoisotopic (exact) mass is 2460 g/mol. The van der Waals surface area contributed by atoms with E-state index < -0.39 is 74.9 Å². The zero-order valence-corrected chi connectivity index (χ0v) is 119. The zero-order chi connectivity index (χ0) is 107. The molecule has 788 valence electrons. The minimum atomic E-state index is -2.43. The molecule has 18 heterocycles. The topological polar surface area (TPSA) is 0 Å². The summed E-state index contributed by atoms with van der Waals surface area (Å²) in [5.74, 6) is 0. The van der Waals surface area contributed by atoms with Crippen LogP contribution in [0.2, 0.25) is 112 Å². The minimum absolute atomic E-state index is 0.581. The summed E-state index contributed by atoms with van der Waals surface area (Å²) in [4.78, 5) is 38.7. The molecule has 0 aliphatic heterocycles. The molecule has 149 heavy (non-hydrogen) atoms. The molecule has 0 saturated heterocycles. The highest BCUT2D eigenvalue weighted by Gasteiger charge is 2.70. The third-order valence-electron chi connectivity index (χ3n) is 36.1. The van der Waals surface area contributed by atoms with Crippen molar-refractivity contribution in [2.75, 3.05) is 0 Å². The molecule has 18 rings (SSSR count). The summed E-state index contributed by atoms with van der Waals surface area (Å²) in [6.07, 6.45) is 3.28. The molecule has 0 spiro atoms. The zero-order valence-electron chi connectivity index (χ0n) is 94.2. The Morgan fingerprint density at radius 1 is 0.134 bits per heavy atom. The molecule has 0 aliphatic rings. The van der Waals surface area contributed by atoms with E-state index in [-0.39, 0.29) is 0 Å². The number of hydrogen-bond acceptors (Lipinski definition) is 18. The molecule has 0 unspecified atom stereocenters. The van der Waals surface area contributed by atoms with Crippen LogP contribution in [0.3, 0.4) is 0 Å². The minimum Gasteiger partial charge on any atom is -0.144 e. The Labute approximate surface area is 975 Å². The van der Waals surface area contributed by atoms with Gasteiger partial charge >= 0.3 is 0 Å². The SMILES string of the molecule is CCc1ccc(-c2ccc(-c3ccc([Si](C(C)C)(C(C)C)[Si](c4ccc(-c5ccc(-c6ccc([Si](C)(C)[Si](C)([Si](C)(C)c7ccc(-c8ccc(-c9ccc([Si](C(C)C)(C(C)C)[Si](c%10ccc(-c%11ccc(-c%12ccc(CC)s%12)s%11)s%10)(C(C)C)C(C)C)s9)s8)s7)[Si](C)(C)c7ccc(-c8ccc(-c9ccc([Si](C(C)C)(C(C)C)[Si](c%10ccc(-c%11ccc(-c%12ccc(CC)s%12)s%11)s%10)(C(C)C)C(C)C)s9)s8)s7)s6)s5)s4)(C(C)C)C(C)C)s3)s2)s1. The van der Waals surface area contributed by atoms with Crippen LogP contribution in [0.4, 0.5) is 0 Å². The number of thiophene rings is 18. The molecule has 18 aromatic rings. The Hall–Kier alpha value is -3.23. The van der Waals surface area contributed by atoms with E-state index in [0.717, 1.165) is 19.3 Å². The molecule has 0 fully saturated rings. The molecule has 0 atom stereocenters. The summed E-state index contributed by atoms with van der Waals surface area (Å²) in [6, 6.07) is 90.7. The van der Waals surface area contributed by atoms with Crippen LogP contribution in [0.15, 0.2) is 218 Å². The maximum Gasteiger partial charge on any atom is 0.105 e. The fourth-order valence-corrected chi connectivity index (χ4v) is 239. The van der Waals surface area contributed by atoms with Crippen LogP contribution >= 0.6 is 204 Å². The van der Waals surface area contributed by atoms with Gasteiger partial charge in [-0.05, 0) is 290 Å². The molecule has 0 bridgehead atoms. The third kappa shape index (κ3) is 19.1. The molecule has 18 aromatic heterocycles. The normalized spacial score (nSPS) is 13.6. The van der Waals surface area contributed by atoms with E-state index in [4.69, 9.17) is 0 Å². The molecular formula is C121H156S18Si10. The van der Waals surface area contributed by atoms with E-state index in [9.17, 15) is 0 Å². The molecule has 0 radical (unpaired) electrons. The molecular weight excluding hydrogens is 2310 g/mol. The van der Waals surface area contributed by atoms with Crippen molar-refractivity contribution in [2.45, 2.75) is 319 Å². The summed E-state index contributed by atoms with van der Waals surface area (Å²) < 4.78 is 15.6. The molecule has 0 aromatic carbocycles. The van der Waals surface area contributed by atoms with E-state index in [0.29, 0.717) is 66.5 Å². The lowest BCUT2D eigenvalue weighted by Crippen LogP contribution is -2.90. The fraction of sp³-hybridized carbons (Fsp3) is 0.405. The average Bonchev–Trinajstić information content (AvgIpc) is 1.56. The molecule has 0 aliphatic carbocycles. The van der Waals surface area contributed by atoms with Gasteiger partial charge in [0.2, 0.25) is 0 Å². The first-order valence-corrected chi connectivity index (χ1v) is 99.6. The van der Waals surface area contributed by atoms with Crippen molar-refractivity contribution in [3.05, 3.63) is 233 Å². The Morgan fingerprint density at radius 2 is 0.235 bits per heavy atom. The molecule has 0 nitrogen and oxygen atoms in total. The second kappa shape index (κ2) is 45.0. The van der Waals surface area contributed by atoms with Crippen molar-refractivity contribution >= 4 is 320 Å². The van der Waals surface area contributed by atoms with Crippen LogP contribution in [0.5, 0.6) is 0 Å². The van der Waals surface area contributed by atoms with Crippen molar-refractivity contribution in [1.29, 1.82) is 0 Å². The molecule has 0 N–H and O–H groups in total. The van der Waals surface area contributed by atoms with Gasteiger partial charge in [-0.3, -0.25) is 0 Å². The first-order valence-electron chi connectivity index (χ1n) is 54.5. The first kappa shape index (κ1) is 115. The molecule has 28 heteroatoms. The highest BCUT2D eigenvalue weighted by molar-refractivity contribution is 7.96. The molecule has 0 saturated carbocycles. The van der Waals surface area contributed by atoms with Gasteiger partial charge in [-0.25, -0.2) is 0 Å². The smallest absolute Gasteiger partial charge is 0.105 e. The fourth-order valence-electron chi connectivity index (χ4n) is 29.7. The lowest BCUT2D eigenvalue weighted by molar-refractivity contribution is 0.887. The van der Waals surface area contributed by atoms with Gasteiger partial charge in [0, 0.05) is 132 Å². The van der Waals surface area contributed by atoms with Crippen LogP contribution in [0, 0.1) is 0 Å². The standard InChI is InChI=1S/C121H156S18Si10/c1-35-86-38-41-89(122-86)92-44-47-98(125-92)107-59-68-116(134-107)144(74(4)5,75(6)7)147(80(16)17,81(18)19)119-71-62-110(137-119)101-53-50-95(128-101)104-56-65-113(131-104)140(28,29)143(34,141(30,31)114-66-57-105(132-114)96-51-54-102(129-96)111-63-72-120(138-111)148(82(20)21,83(22)23)145(76(8)9,77(10)11)117-69-60-108(135-117)99-48-45-93(126-99)90-42-39-87(36-2)123-90)142(32,33)115-67-58-106(133-115)97-52-55-103(130-97)112-64-73-121(139-112)149(84(24)25,85(26)27)146(78(12)13,79(14)15)118-70-61-109(136-118)100-49-46-94(127-100)91-43-40-88(37-3)124-91/h38-85H,35-37H2,1-34H3. The number of hydrogen-bond donors (Lipinski definition) is 0. The summed E-state index contributed by atoms with van der Waals surface area (Å²) in [6.45, 7) is 88.4. The Bertz CT molecular complexity index is 6870. The van der Waals surface area contributed by atoms with Crippen molar-refractivity contribution in [2.24, 2.45) is 0 Å². The summed E-state index contributed by atoms with van der Waals surface area (Å²) in [5.41, 5.74) is 7.01. The Morgan fingerprint density at radius 3 is 0.356 bits per heavy atom. The molecule has 0 amide bonds. The van der Waals surface area contributed by atoms with Gasteiger partial charge in [0.15, 0.2) is 0 Å². The lowest BCUT2D eigenvalue weighted by atomic mass is 10.3. The van der Waals surface area contributed by atoms with Crippen LogP contribution in [0.1, 0.15) is 202 Å². The van der Waals surface area contributed by atoms with Gasteiger partial charge in [0.1, 0.15) is 45.5 Å². The van der Waals surface area contributed by atoms with Crippen LogP contribution in [0.25, 0.3) is 117 Å². The van der Waals surface area contributed by atoms with Gasteiger partial charge in [-0.15, -0.1) is 204 Å². The summed E-state index contributed by atoms with van der Waals surface area (Å²) in [5, 5.41) is 0.